The van der Waals surface area contributed by atoms with Gasteiger partial charge in [-0.05, 0) is 13.0 Å². The molecule has 0 N–H and O–H groups in total. The van der Waals surface area contributed by atoms with E-state index in [1.54, 1.807) is 29.9 Å². The maximum atomic E-state index is 12.4. The molecule has 6 heteroatoms. The van der Waals surface area contributed by atoms with E-state index >= 15 is 0 Å². The maximum Gasteiger partial charge on any atom is 0.244 e. The SMILES string of the molecule is COC1=CC(=O)c2c(COc3ccccn3)c(C)n(C)c2C1=O. The van der Waals surface area contributed by atoms with Gasteiger partial charge in [0.15, 0.2) is 11.5 Å². The lowest BCUT2D eigenvalue weighted by molar-refractivity contribution is 0.0909. The average molecular weight is 312 g/mol. The number of ether oxygens (including phenoxy) is 2. The fraction of sp³-hybridized carbons (Fsp3) is 0.235. The molecular weight excluding hydrogens is 296 g/mol. The molecule has 1 aliphatic carbocycles. The first-order valence-electron chi connectivity index (χ1n) is 7.11. The van der Waals surface area contributed by atoms with Crippen molar-refractivity contribution in [3.63, 3.8) is 0 Å². The van der Waals surface area contributed by atoms with Crippen molar-refractivity contribution in [2.75, 3.05) is 7.11 Å². The Morgan fingerprint density at radius 2 is 2.04 bits per heavy atom. The van der Waals surface area contributed by atoms with Gasteiger partial charge in [0.1, 0.15) is 12.3 Å². The second-order valence-electron chi connectivity index (χ2n) is 5.21. The van der Waals surface area contributed by atoms with E-state index in [1.165, 1.54) is 13.2 Å². The van der Waals surface area contributed by atoms with Gasteiger partial charge in [0.2, 0.25) is 11.7 Å². The Kier molecular flexibility index (Phi) is 3.73. The molecule has 2 aromatic heterocycles. The summed E-state index contributed by atoms with van der Waals surface area (Å²) < 4.78 is 12.4. The Labute approximate surface area is 133 Å². The van der Waals surface area contributed by atoms with Crippen LogP contribution in [0.1, 0.15) is 32.1 Å². The zero-order chi connectivity index (χ0) is 16.6. The molecule has 2 aromatic rings. The molecule has 0 aromatic carbocycles. The van der Waals surface area contributed by atoms with Crippen molar-refractivity contribution in [1.29, 1.82) is 0 Å². The van der Waals surface area contributed by atoms with Gasteiger partial charge in [-0.15, -0.1) is 0 Å². The molecule has 118 valence electrons. The molecule has 3 rings (SSSR count). The van der Waals surface area contributed by atoms with Gasteiger partial charge in [0, 0.05) is 36.6 Å². The lowest BCUT2D eigenvalue weighted by atomic mass is 9.96. The van der Waals surface area contributed by atoms with Crippen LogP contribution in [-0.4, -0.2) is 28.2 Å². The predicted octanol–water partition coefficient (Wildman–Crippen LogP) is 2.22. The Hall–Kier alpha value is -2.89. The Bertz CT molecular complexity index is 819. The Morgan fingerprint density at radius 3 is 2.70 bits per heavy atom. The van der Waals surface area contributed by atoms with Crippen molar-refractivity contribution in [3.8, 4) is 5.88 Å². The monoisotopic (exact) mass is 312 g/mol. The molecule has 0 unspecified atom stereocenters. The molecule has 6 nitrogen and oxygen atoms in total. The number of aromatic nitrogens is 2. The highest BCUT2D eigenvalue weighted by Crippen LogP contribution is 2.29. The summed E-state index contributed by atoms with van der Waals surface area (Å²) in [5.74, 6) is -0.0240. The second kappa shape index (κ2) is 5.72. The molecular formula is C17H16N2O4. The first-order chi connectivity index (χ1) is 11.0. The molecule has 0 fully saturated rings. The highest BCUT2D eigenvalue weighted by molar-refractivity contribution is 6.24. The number of Topliss-reactive ketones (excluding diaryl/α,β-unsaturated/α-hetero) is 1. The smallest absolute Gasteiger partial charge is 0.244 e. The topological polar surface area (TPSA) is 70.4 Å². The number of fused-ring (bicyclic) bond motifs is 1. The summed E-state index contributed by atoms with van der Waals surface area (Å²) in [6, 6.07) is 5.35. The van der Waals surface area contributed by atoms with Crippen LogP contribution in [0.25, 0.3) is 0 Å². The van der Waals surface area contributed by atoms with Gasteiger partial charge in [-0.1, -0.05) is 6.07 Å². The molecule has 0 atom stereocenters. The minimum atomic E-state index is -0.295. The number of carbonyl (C=O) groups is 2. The standard InChI is InChI=1S/C17H16N2O4/c1-10-11(9-23-14-6-4-5-7-18-14)15-12(20)8-13(22-3)17(21)16(15)19(10)2/h4-8H,9H2,1-3H3. The number of carbonyl (C=O) groups excluding carboxylic acids is 2. The molecule has 2 heterocycles. The molecule has 0 saturated carbocycles. The fourth-order valence-corrected chi connectivity index (χ4v) is 2.67. The summed E-state index contributed by atoms with van der Waals surface area (Å²) in [5.41, 5.74) is 2.22. The van der Waals surface area contributed by atoms with Gasteiger partial charge in [-0.2, -0.15) is 0 Å². The van der Waals surface area contributed by atoms with Crippen molar-refractivity contribution in [1.82, 2.24) is 9.55 Å². The van der Waals surface area contributed by atoms with Gasteiger partial charge in [-0.3, -0.25) is 9.59 Å². The number of nitrogens with zero attached hydrogens (tertiary/aromatic N) is 2. The van der Waals surface area contributed by atoms with Crippen LogP contribution >= 0.6 is 0 Å². The van der Waals surface area contributed by atoms with Crippen molar-refractivity contribution in [2.24, 2.45) is 7.05 Å². The van der Waals surface area contributed by atoms with Crippen LogP contribution in [0.5, 0.6) is 5.88 Å². The van der Waals surface area contributed by atoms with Crippen molar-refractivity contribution < 1.29 is 19.1 Å². The number of rotatable bonds is 4. The van der Waals surface area contributed by atoms with Crippen LogP contribution in [0.15, 0.2) is 36.2 Å². The molecule has 0 bridgehead atoms. The summed E-state index contributed by atoms with van der Waals surface area (Å²) >= 11 is 0. The van der Waals surface area contributed by atoms with Crippen LogP contribution in [0.3, 0.4) is 0 Å². The molecule has 23 heavy (non-hydrogen) atoms. The normalized spacial score (nSPS) is 13.6. The second-order valence-corrected chi connectivity index (χ2v) is 5.21. The minimum Gasteiger partial charge on any atom is -0.492 e. The fourth-order valence-electron chi connectivity index (χ4n) is 2.67. The van der Waals surface area contributed by atoms with E-state index in [2.05, 4.69) is 4.98 Å². The van der Waals surface area contributed by atoms with Crippen LogP contribution in [0.2, 0.25) is 0 Å². The van der Waals surface area contributed by atoms with E-state index in [-0.39, 0.29) is 23.9 Å². The molecule has 0 aliphatic heterocycles. The molecule has 0 amide bonds. The van der Waals surface area contributed by atoms with Crippen molar-refractivity contribution in [3.05, 3.63) is 58.7 Å². The third-order valence-electron chi connectivity index (χ3n) is 3.98. The van der Waals surface area contributed by atoms with Gasteiger partial charge in [0.05, 0.1) is 12.7 Å². The van der Waals surface area contributed by atoms with Gasteiger partial charge in [0.25, 0.3) is 0 Å². The lowest BCUT2D eigenvalue weighted by Crippen LogP contribution is -2.20. The highest BCUT2D eigenvalue weighted by atomic mass is 16.5. The maximum absolute atomic E-state index is 12.4. The van der Waals surface area contributed by atoms with E-state index < -0.39 is 0 Å². The van der Waals surface area contributed by atoms with E-state index in [1.807, 2.05) is 13.0 Å². The van der Waals surface area contributed by atoms with Crippen LogP contribution in [-0.2, 0) is 18.4 Å². The average Bonchev–Trinajstić information content (AvgIpc) is 2.82. The summed E-state index contributed by atoms with van der Waals surface area (Å²) in [6.07, 6.45) is 2.86. The van der Waals surface area contributed by atoms with Gasteiger partial charge >= 0.3 is 0 Å². The van der Waals surface area contributed by atoms with E-state index in [0.717, 1.165) is 5.69 Å². The zero-order valence-corrected chi connectivity index (χ0v) is 13.1. The zero-order valence-electron chi connectivity index (χ0n) is 13.1. The number of hydrogen-bond donors (Lipinski definition) is 0. The van der Waals surface area contributed by atoms with Crippen molar-refractivity contribution >= 4 is 11.6 Å². The number of hydrogen-bond acceptors (Lipinski definition) is 5. The van der Waals surface area contributed by atoms with Crippen LogP contribution in [0.4, 0.5) is 0 Å². The number of methoxy groups -OCH3 is 1. The first-order valence-corrected chi connectivity index (χ1v) is 7.11. The van der Waals surface area contributed by atoms with Crippen LogP contribution in [0, 0.1) is 6.92 Å². The first kappa shape index (κ1) is 15.0. The van der Waals surface area contributed by atoms with E-state index in [9.17, 15) is 9.59 Å². The van der Waals surface area contributed by atoms with Gasteiger partial charge in [-0.25, -0.2) is 4.98 Å². The highest BCUT2D eigenvalue weighted by Gasteiger charge is 2.34. The van der Waals surface area contributed by atoms with Crippen LogP contribution < -0.4 is 4.74 Å². The molecule has 0 radical (unpaired) electrons. The summed E-state index contributed by atoms with van der Waals surface area (Å²) in [7, 11) is 3.13. The quantitative estimate of drug-likeness (QED) is 0.865. The third-order valence-corrected chi connectivity index (χ3v) is 3.98. The van der Waals surface area contributed by atoms with Crippen molar-refractivity contribution in [2.45, 2.75) is 13.5 Å². The number of ketones is 2. The molecule has 0 saturated heterocycles. The summed E-state index contributed by atoms with van der Waals surface area (Å²) in [5, 5.41) is 0. The van der Waals surface area contributed by atoms with Gasteiger partial charge < -0.3 is 14.0 Å². The largest absolute Gasteiger partial charge is 0.492 e. The molecule has 1 aliphatic rings. The minimum absolute atomic E-state index is 0.0558. The predicted molar refractivity (Wildman–Crippen MR) is 82.5 cm³/mol. The Morgan fingerprint density at radius 1 is 1.26 bits per heavy atom. The van der Waals surface area contributed by atoms with E-state index in [4.69, 9.17) is 9.47 Å². The summed E-state index contributed by atoms with van der Waals surface area (Å²) in [6.45, 7) is 2.02. The van der Waals surface area contributed by atoms with E-state index in [0.29, 0.717) is 22.7 Å². The Balaban J connectivity index is 2.00. The third kappa shape index (κ3) is 2.42. The summed E-state index contributed by atoms with van der Waals surface area (Å²) in [4.78, 5) is 28.9. The number of pyridine rings is 1. The molecule has 0 spiro atoms. The lowest BCUT2D eigenvalue weighted by Gasteiger charge is -2.13. The number of allylic oxidation sites excluding steroid dienone is 2.